The lowest BCUT2D eigenvalue weighted by Gasteiger charge is -2.37. The van der Waals surface area contributed by atoms with Crippen LogP contribution in [0.15, 0.2) is 47.5 Å². The summed E-state index contributed by atoms with van der Waals surface area (Å²) in [5.74, 6) is 0.885. The summed E-state index contributed by atoms with van der Waals surface area (Å²) in [6.45, 7) is 6.18. The van der Waals surface area contributed by atoms with Crippen LogP contribution in [0.3, 0.4) is 0 Å². The summed E-state index contributed by atoms with van der Waals surface area (Å²) in [7, 11) is 1.74. The molecule has 0 saturated carbocycles. The van der Waals surface area contributed by atoms with Gasteiger partial charge >= 0.3 is 0 Å². The topological polar surface area (TPSA) is 47.9 Å². The van der Waals surface area contributed by atoms with Gasteiger partial charge in [0.1, 0.15) is 0 Å². The van der Waals surface area contributed by atoms with Gasteiger partial charge < -0.3 is 15.1 Å². The molecule has 0 radical (unpaired) electrons. The van der Waals surface area contributed by atoms with Crippen molar-refractivity contribution in [2.75, 3.05) is 25.0 Å². The number of rotatable bonds is 2. The molecule has 4 rings (SSSR count). The van der Waals surface area contributed by atoms with E-state index in [4.69, 9.17) is 40.4 Å². The van der Waals surface area contributed by atoms with Crippen molar-refractivity contribution in [3.63, 3.8) is 0 Å². The number of likely N-dealkylation sites (N-methyl/N-ethyl adjacent to an activating group) is 1. The molecule has 2 aromatic rings. The molecule has 1 fully saturated rings. The Balaban J connectivity index is 1.75. The zero-order valence-corrected chi connectivity index (χ0v) is 20.6. The number of aliphatic imine (C=N–C) groups is 1. The zero-order valence-electron chi connectivity index (χ0n) is 18.3. The SMILES string of the molecule is CC1CC(C)CN(C(=S)NC2N=C(c3ccccc3Cl)c3cc(Cl)ccc3N(C)C2=O)C1. The Hall–Kier alpha value is -2.15. The number of amides is 1. The first-order chi connectivity index (χ1) is 15.2. The average Bonchev–Trinajstić information content (AvgIpc) is 2.84. The zero-order chi connectivity index (χ0) is 23.0. The van der Waals surface area contributed by atoms with Crippen molar-refractivity contribution in [1.29, 1.82) is 0 Å². The Morgan fingerprint density at radius 1 is 1.09 bits per heavy atom. The number of hydrogen-bond acceptors (Lipinski definition) is 3. The lowest BCUT2D eigenvalue weighted by molar-refractivity contribution is -0.119. The third-order valence-electron chi connectivity index (χ3n) is 5.94. The molecule has 32 heavy (non-hydrogen) atoms. The Kier molecular flexibility index (Phi) is 6.75. The van der Waals surface area contributed by atoms with Crippen molar-refractivity contribution < 1.29 is 4.79 Å². The fourth-order valence-corrected chi connectivity index (χ4v) is 5.20. The molecule has 1 saturated heterocycles. The normalized spacial score (nSPS) is 23.3. The molecule has 2 aliphatic rings. The van der Waals surface area contributed by atoms with Crippen LogP contribution in [0.4, 0.5) is 5.69 Å². The van der Waals surface area contributed by atoms with E-state index in [2.05, 4.69) is 24.1 Å². The van der Waals surface area contributed by atoms with Crippen LogP contribution in [0, 0.1) is 11.8 Å². The van der Waals surface area contributed by atoms with Gasteiger partial charge in [-0.3, -0.25) is 4.79 Å². The average molecular weight is 489 g/mol. The Morgan fingerprint density at radius 3 is 2.47 bits per heavy atom. The maximum Gasteiger partial charge on any atom is 0.272 e. The molecule has 3 atom stereocenters. The lowest BCUT2D eigenvalue weighted by Crippen LogP contribution is -2.53. The van der Waals surface area contributed by atoms with Gasteiger partial charge in [-0.05, 0) is 54.7 Å². The predicted molar refractivity (Wildman–Crippen MR) is 136 cm³/mol. The van der Waals surface area contributed by atoms with E-state index in [9.17, 15) is 4.79 Å². The molecular weight excluding hydrogens is 463 g/mol. The number of anilines is 1. The van der Waals surface area contributed by atoms with Crippen molar-refractivity contribution in [1.82, 2.24) is 10.2 Å². The molecule has 1 N–H and O–H groups in total. The van der Waals surface area contributed by atoms with Gasteiger partial charge in [0.15, 0.2) is 5.11 Å². The third kappa shape index (κ3) is 4.63. The van der Waals surface area contributed by atoms with Crippen LogP contribution in [-0.4, -0.2) is 47.9 Å². The summed E-state index contributed by atoms with van der Waals surface area (Å²) in [5, 5.41) is 4.87. The highest BCUT2D eigenvalue weighted by Crippen LogP contribution is 2.32. The van der Waals surface area contributed by atoms with E-state index in [-0.39, 0.29) is 5.91 Å². The van der Waals surface area contributed by atoms with Crippen LogP contribution in [0.25, 0.3) is 0 Å². The molecule has 1 amide bonds. The summed E-state index contributed by atoms with van der Waals surface area (Å²) >= 11 is 18.6. The first kappa shape index (κ1) is 23.0. The predicted octanol–water partition coefficient (Wildman–Crippen LogP) is 4.99. The second-order valence-corrected chi connectivity index (χ2v) is 9.95. The first-order valence-electron chi connectivity index (χ1n) is 10.7. The number of halogens is 2. The van der Waals surface area contributed by atoms with Crippen molar-refractivity contribution in [2.24, 2.45) is 16.8 Å². The molecule has 8 heteroatoms. The van der Waals surface area contributed by atoms with Crippen LogP contribution in [-0.2, 0) is 4.79 Å². The lowest BCUT2D eigenvalue weighted by atomic mass is 9.92. The number of hydrogen-bond donors (Lipinski definition) is 1. The molecule has 0 aliphatic carbocycles. The van der Waals surface area contributed by atoms with Gasteiger partial charge in [0.2, 0.25) is 6.17 Å². The van der Waals surface area contributed by atoms with E-state index in [1.165, 1.54) is 6.42 Å². The van der Waals surface area contributed by atoms with E-state index in [1.54, 1.807) is 18.0 Å². The smallest absolute Gasteiger partial charge is 0.272 e. The number of likely N-dealkylation sites (tertiary alicyclic amines) is 1. The third-order valence-corrected chi connectivity index (χ3v) is 6.88. The van der Waals surface area contributed by atoms with Crippen LogP contribution >= 0.6 is 35.4 Å². The number of nitrogens with one attached hydrogen (secondary N) is 1. The maximum absolute atomic E-state index is 13.4. The number of fused-ring (bicyclic) bond motifs is 1. The molecule has 2 aliphatic heterocycles. The quantitative estimate of drug-likeness (QED) is 0.605. The van der Waals surface area contributed by atoms with Gasteiger partial charge in [-0.25, -0.2) is 4.99 Å². The fourth-order valence-electron chi connectivity index (χ4n) is 4.55. The molecule has 2 aromatic carbocycles. The largest absolute Gasteiger partial charge is 0.349 e. The molecule has 0 spiro atoms. The standard InChI is InChI=1S/C24H26Cl2N4OS/c1-14-10-15(2)13-30(12-14)24(32)28-22-23(31)29(3)20-9-8-16(25)11-18(20)21(27-22)17-6-4-5-7-19(17)26/h4-9,11,14-15,22H,10,12-13H2,1-3H3,(H,28,32). The van der Waals surface area contributed by atoms with E-state index in [1.807, 2.05) is 36.4 Å². The molecule has 3 unspecified atom stereocenters. The Labute approximate surface area is 204 Å². The maximum atomic E-state index is 13.4. The minimum Gasteiger partial charge on any atom is -0.349 e. The van der Waals surface area contributed by atoms with Crippen molar-refractivity contribution in [3.05, 3.63) is 63.6 Å². The van der Waals surface area contributed by atoms with E-state index in [0.717, 1.165) is 24.2 Å². The molecule has 2 heterocycles. The van der Waals surface area contributed by atoms with Crippen LogP contribution < -0.4 is 10.2 Å². The molecule has 168 valence electrons. The highest BCUT2D eigenvalue weighted by molar-refractivity contribution is 7.80. The minimum atomic E-state index is -0.877. The number of benzene rings is 2. The van der Waals surface area contributed by atoms with Crippen molar-refractivity contribution >= 4 is 57.8 Å². The van der Waals surface area contributed by atoms with Gasteiger partial charge in [-0.15, -0.1) is 0 Å². The van der Waals surface area contributed by atoms with Crippen LogP contribution in [0.2, 0.25) is 10.0 Å². The summed E-state index contributed by atoms with van der Waals surface area (Å²) in [4.78, 5) is 22.0. The number of nitrogens with zero attached hydrogens (tertiary/aromatic N) is 3. The van der Waals surface area contributed by atoms with Gasteiger partial charge in [-0.2, -0.15) is 0 Å². The summed E-state index contributed by atoms with van der Waals surface area (Å²) in [5.41, 5.74) is 2.80. The van der Waals surface area contributed by atoms with E-state index >= 15 is 0 Å². The minimum absolute atomic E-state index is 0.198. The number of carbonyl (C=O) groups excluding carboxylic acids is 1. The fraction of sp³-hybridized carbons (Fsp3) is 0.375. The second-order valence-electron chi connectivity index (χ2n) is 8.72. The Bertz CT molecular complexity index is 1080. The molecule has 0 bridgehead atoms. The monoisotopic (exact) mass is 488 g/mol. The summed E-state index contributed by atoms with van der Waals surface area (Å²) in [6.07, 6.45) is 0.298. The number of piperidine rings is 1. The highest BCUT2D eigenvalue weighted by atomic mass is 35.5. The summed E-state index contributed by atoms with van der Waals surface area (Å²) in [6, 6.07) is 12.9. The van der Waals surface area contributed by atoms with Crippen molar-refractivity contribution in [3.8, 4) is 0 Å². The number of benzodiazepines with no additional fused rings is 1. The number of carbonyl (C=O) groups is 1. The molecule has 5 nitrogen and oxygen atoms in total. The van der Waals surface area contributed by atoms with Gasteiger partial charge in [-0.1, -0.05) is 55.2 Å². The van der Waals surface area contributed by atoms with E-state index < -0.39 is 6.17 Å². The van der Waals surface area contributed by atoms with Crippen LogP contribution in [0.1, 0.15) is 31.4 Å². The van der Waals surface area contributed by atoms with Gasteiger partial charge in [0.05, 0.1) is 11.4 Å². The number of thiocarbonyl (C=S) groups is 1. The second kappa shape index (κ2) is 9.38. The van der Waals surface area contributed by atoms with Gasteiger partial charge in [0, 0.05) is 41.3 Å². The first-order valence-corrected chi connectivity index (χ1v) is 11.9. The molecule has 0 aromatic heterocycles. The highest BCUT2D eigenvalue weighted by Gasteiger charge is 2.33. The van der Waals surface area contributed by atoms with Crippen LogP contribution in [0.5, 0.6) is 0 Å². The molecular formula is C24H26Cl2N4OS. The van der Waals surface area contributed by atoms with Gasteiger partial charge in [0.25, 0.3) is 5.91 Å². The summed E-state index contributed by atoms with van der Waals surface area (Å²) < 4.78 is 0. The van der Waals surface area contributed by atoms with E-state index in [0.29, 0.717) is 38.4 Å². The Morgan fingerprint density at radius 2 is 1.78 bits per heavy atom. The van der Waals surface area contributed by atoms with Crippen molar-refractivity contribution in [2.45, 2.75) is 26.4 Å².